The standard InChI is InChI=1S/C14H7F3N2O2S/c15-14(16,17)11-3-1-2-9(6-11)10(8-18)7-12-4-5-13(22-12)19(20)21/h1-7H. The predicted octanol–water partition coefficient (Wildman–Crippen LogP) is 4.74. The van der Waals surface area contributed by atoms with Gasteiger partial charge in [-0.15, -0.1) is 0 Å². The van der Waals surface area contributed by atoms with E-state index in [9.17, 15) is 23.3 Å². The number of hydrogen-bond donors (Lipinski definition) is 0. The van der Waals surface area contributed by atoms with E-state index in [1.165, 1.54) is 30.3 Å². The van der Waals surface area contributed by atoms with Gasteiger partial charge in [0.05, 0.1) is 22.1 Å². The zero-order valence-corrected chi connectivity index (χ0v) is 11.6. The van der Waals surface area contributed by atoms with Crippen LogP contribution in [-0.2, 0) is 6.18 Å². The van der Waals surface area contributed by atoms with Crippen molar-refractivity contribution in [3.63, 3.8) is 0 Å². The monoisotopic (exact) mass is 324 g/mol. The molecule has 0 unspecified atom stereocenters. The lowest BCUT2D eigenvalue weighted by atomic mass is 10.0. The molecule has 0 aliphatic heterocycles. The Morgan fingerprint density at radius 2 is 2.05 bits per heavy atom. The molecule has 0 fully saturated rings. The van der Waals surface area contributed by atoms with Crippen molar-refractivity contribution in [2.75, 3.05) is 0 Å². The van der Waals surface area contributed by atoms with E-state index in [2.05, 4.69) is 0 Å². The van der Waals surface area contributed by atoms with E-state index in [4.69, 9.17) is 5.26 Å². The number of benzene rings is 1. The zero-order chi connectivity index (χ0) is 16.3. The third kappa shape index (κ3) is 3.51. The summed E-state index contributed by atoms with van der Waals surface area (Å²) >= 11 is 0.840. The maximum atomic E-state index is 12.7. The van der Waals surface area contributed by atoms with Gasteiger partial charge in [0.25, 0.3) is 0 Å². The Balaban J connectivity index is 2.41. The lowest BCUT2D eigenvalue weighted by Crippen LogP contribution is -2.04. The number of nitro groups is 1. The molecular weight excluding hydrogens is 317 g/mol. The van der Waals surface area contributed by atoms with Crippen LogP contribution >= 0.6 is 11.3 Å². The highest BCUT2D eigenvalue weighted by atomic mass is 32.1. The van der Waals surface area contributed by atoms with Gasteiger partial charge < -0.3 is 0 Å². The fraction of sp³-hybridized carbons (Fsp3) is 0.0714. The molecule has 0 radical (unpaired) electrons. The number of halogens is 3. The molecule has 2 aromatic rings. The third-order valence-electron chi connectivity index (χ3n) is 2.70. The van der Waals surface area contributed by atoms with Gasteiger partial charge in [-0.2, -0.15) is 18.4 Å². The molecule has 1 aromatic carbocycles. The van der Waals surface area contributed by atoms with Crippen LogP contribution in [0.15, 0.2) is 36.4 Å². The van der Waals surface area contributed by atoms with Gasteiger partial charge in [0.1, 0.15) is 0 Å². The van der Waals surface area contributed by atoms with Crippen LogP contribution < -0.4 is 0 Å². The quantitative estimate of drug-likeness (QED) is 0.465. The fourth-order valence-electron chi connectivity index (χ4n) is 1.70. The predicted molar refractivity (Wildman–Crippen MR) is 75.9 cm³/mol. The van der Waals surface area contributed by atoms with Crippen LogP contribution in [0.2, 0.25) is 0 Å². The molecular formula is C14H7F3N2O2S. The van der Waals surface area contributed by atoms with Gasteiger partial charge in [-0.25, -0.2) is 0 Å². The van der Waals surface area contributed by atoms with Crippen molar-refractivity contribution in [3.05, 3.63) is 62.5 Å². The Morgan fingerprint density at radius 1 is 1.32 bits per heavy atom. The number of hydrogen-bond acceptors (Lipinski definition) is 4. The Hall–Kier alpha value is -2.66. The first-order chi connectivity index (χ1) is 10.3. The summed E-state index contributed by atoms with van der Waals surface area (Å²) in [4.78, 5) is 10.4. The van der Waals surface area contributed by atoms with Gasteiger partial charge in [0.15, 0.2) is 0 Å². The highest BCUT2D eigenvalue weighted by Gasteiger charge is 2.30. The average molecular weight is 324 g/mol. The van der Waals surface area contributed by atoms with Crippen LogP contribution in [0.3, 0.4) is 0 Å². The molecule has 1 heterocycles. The van der Waals surface area contributed by atoms with Crippen molar-refractivity contribution in [2.24, 2.45) is 0 Å². The Bertz CT molecular complexity index is 788. The van der Waals surface area contributed by atoms with E-state index < -0.39 is 16.7 Å². The summed E-state index contributed by atoms with van der Waals surface area (Å²) in [6.45, 7) is 0. The largest absolute Gasteiger partial charge is 0.416 e. The smallest absolute Gasteiger partial charge is 0.258 e. The van der Waals surface area contributed by atoms with E-state index in [1.54, 1.807) is 0 Å². The van der Waals surface area contributed by atoms with E-state index >= 15 is 0 Å². The van der Waals surface area contributed by atoms with Crippen LogP contribution in [0, 0.1) is 21.4 Å². The minimum absolute atomic E-state index is 0.00264. The summed E-state index contributed by atoms with van der Waals surface area (Å²) < 4.78 is 38.0. The van der Waals surface area contributed by atoms with Gasteiger partial charge in [0.2, 0.25) is 0 Å². The lowest BCUT2D eigenvalue weighted by Gasteiger charge is -2.07. The van der Waals surface area contributed by atoms with Crippen molar-refractivity contribution in [1.29, 1.82) is 5.26 Å². The van der Waals surface area contributed by atoms with Crippen molar-refractivity contribution < 1.29 is 18.1 Å². The van der Waals surface area contributed by atoms with Gasteiger partial charge >= 0.3 is 11.2 Å². The molecule has 0 aliphatic carbocycles. The fourth-order valence-corrected chi connectivity index (χ4v) is 2.47. The van der Waals surface area contributed by atoms with Crippen molar-refractivity contribution >= 4 is 28.0 Å². The molecule has 112 valence electrons. The molecule has 4 nitrogen and oxygen atoms in total. The summed E-state index contributed by atoms with van der Waals surface area (Å²) in [5, 5.41) is 19.6. The molecule has 0 atom stereocenters. The van der Waals surface area contributed by atoms with E-state index in [-0.39, 0.29) is 16.1 Å². The summed E-state index contributed by atoms with van der Waals surface area (Å²) in [6.07, 6.45) is -3.18. The van der Waals surface area contributed by atoms with E-state index in [0.717, 1.165) is 23.5 Å². The van der Waals surface area contributed by atoms with Crippen molar-refractivity contribution in [3.8, 4) is 6.07 Å². The molecule has 22 heavy (non-hydrogen) atoms. The first-order valence-electron chi connectivity index (χ1n) is 5.85. The maximum absolute atomic E-state index is 12.7. The highest BCUT2D eigenvalue weighted by Crippen LogP contribution is 2.32. The van der Waals surface area contributed by atoms with Crippen LogP contribution in [0.25, 0.3) is 11.6 Å². The van der Waals surface area contributed by atoms with E-state index in [0.29, 0.717) is 4.88 Å². The minimum atomic E-state index is -4.50. The molecule has 0 aliphatic rings. The molecule has 2 rings (SSSR count). The van der Waals surface area contributed by atoms with Gasteiger partial charge in [-0.05, 0) is 29.8 Å². The molecule has 0 N–H and O–H groups in total. The SMILES string of the molecule is N#CC(=Cc1ccc([N+](=O)[O-])s1)c1cccc(C(F)(F)F)c1. The van der Waals surface area contributed by atoms with Crippen LogP contribution in [0.1, 0.15) is 16.0 Å². The maximum Gasteiger partial charge on any atom is 0.416 e. The summed E-state index contributed by atoms with van der Waals surface area (Å²) in [6, 6.07) is 8.90. The lowest BCUT2D eigenvalue weighted by molar-refractivity contribution is -0.380. The molecule has 0 spiro atoms. The Labute approximate surface area is 126 Å². The van der Waals surface area contributed by atoms with Gasteiger partial charge in [-0.3, -0.25) is 10.1 Å². The molecule has 1 aromatic heterocycles. The molecule has 0 bridgehead atoms. The van der Waals surface area contributed by atoms with Crippen LogP contribution in [0.4, 0.5) is 18.2 Å². The molecule has 8 heteroatoms. The minimum Gasteiger partial charge on any atom is -0.258 e. The summed E-state index contributed by atoms with van der Waals surface area (Å²) in [5.41, 5.74) is -0.750. The van der Waals surface area contributed by atoms with Crippen LogP contribution in [0.5, 0.6) is 0 Å². The number of thiophene rings is 1. The normalized spacial score (nSPS) is 12.0. The number of allylic oxidation sites excluding steroid dienone is 1. The zero-order valence-electron chi connectivity index (χ0n) is 10.8. The summed E-state index contributed by atoms with van der Waals surface area (Å²) in [5.74, 6) is 0. The molecule has 0 amide bonds. The Morgan fingerprint density at radius 3 is 2.59 bits per heavy atom. The van der Waals surface area contributed by atoms with Gasteiger partial charge in [-0.1, -0.05) is 23.5 Å². The topological polar surface area (TPSA) is 66.9 Å². The number of rotatable bonds is 3. The summed E-state index contributed by atoms with van der Waals surface area (Å²) in [7, 11) is 0. The van der Waals surface area contributed by atoms with Crippen molar-refractivity contribution in [1.82, 2.24) is 0 Å². The number of nitriles is 1. The highest BCUT2D eigenvalue weighted by molar-refractivity contribution is 7.16. The third-order valence-corrected chi connectivity index (χ3v) is 3.68. The number of alkyl halides is 3. The van der Waals surface area contributed by atoms with E-state index in [1.807, 2.05) is 6.07 Å². The molecule has 0 saturated heterocycles. The molecule has 0 saturated carbocycles. The first kappa shape index (κ1) is 15.7. The van der Waals surface area contributed by atoms with Crippen molar-refractivity contribution in [2.45, 2.75) is 6.18 Å². The average Bonchev–Trinajstić information content (AvgIpc) is 2.93. The van der Waals surface area contributed by atoms with Gasteiger partial charge in [0, 0.05) is 10.9 Å². The second-order valence-electron chi connectivity index (χ2n) is 4.18. The Kier molecular flexibility index (Phi) is 4.28. The first-order valence-corrected chi connectivity index (χ1v) is 6.66. The second-order valence-corrected chi connectivity index (χ2v) is 5.28. The number of nitrogens with zero attached hydrogens (tertiary/aromatic N) is 2. The second kappa shape index (κ2) is 5.99. The van der Waals surface area contributed by atoms with Crippen LogP contribution in [-0.4, -0.2) is 4.92 Å².